The van der Waals surface area contributed by atoms with E-state index in [4.69, 9.17) is 4.74 Å². The molecule has 2 amide bonds. The van der Waals surface area contributed by atoms with Crippen molar-refractivity contribution in [2.24, 2.45) is 0 Å². The van der Waals surface area contributed by atoms with E-state index in [-0.39, 0.29) is 30.7 Å². The van der Waals surface area contributed by atoms with Crippen molar-refractivity contribution in [1.29, 1.82) is 0 Å². The molecule has 0 bridgehead atoms. The summed E-state index contributed by atoms with van der Waals surface area (Å²) in [6.45, 7) is 2.16. The second-order valence-electron chi connectivity index (χ2n) is 8.12. The largest absolute Gasteiger partial charge is 0.496 e. The van der Waals surface area contributed by atoms with Crippen molar-refractivity contribution in [2.75, 3.05) is 7.11 Å². The third-order valence-electron chi connectivity index (χ3n) is 5.97. The van der Waals surface area contributed by atoms with E-state index in [0.29, 0.717) is 23.3 Å². The molecule has 6 heteroatoms. The molecule has 4 rings (SSSR count). The van der Waals surface area contributed by atoms with Gasteiger partial charge in [0.15, 0.2) is 0 Å². The lowest BCUT2D eigenvalue weighted by Gasteiger charge is -2.44. The number of nitrogens with zero attached hydrogens (tertiary/aromatic N) is 1. The third-order valence-corrected chi connectivity index (χ3v) is 5.97. The highest BCUT2D eigenvalue weighted by Crippen LogP contribution is 2.33. The number of hydrogen-bond donors (Lipinski definition) is 1. The minimum atomic E-state index is -1.14. The highest BCUT2D eigenvalue weighted by molar-refractivity contribution is 6.02. The van der Waals surface area contributed by atoms with Crippen LogP contribution in [-0.2, 0) is 24.3 Å². The summed E-state index contributed by atoms with van der Waals surface area (Å²) < 4.78 is 19.2. The Bertz CT molecular complexity index is 1160. The van der Waals surface area contributed by atoms with E-state index in [1.165, 1.54) is 12.1 Å². The van der Waals surface area contributed by atoms with Crippen LogP contribution in [0.1, 0.15) is 34.0 Å². The Kier molecular flexibility index (Phi) is 5.95. The first-order valence-electron chi connectivity index (χ1n) is 10.5. The molecule has 32 heavy (non-hydrogen) atoms. The van der Waals surface area contributed by atoms with Crippen molar-refractivity contribution in [3.05, 3.63) is 101 Å². The maximum Gasteiger partial charge on any atom is 0.255 e. The first-order valence-corrected chi connectivity index (χ1v) is 10.5. The highest BCUT2D eigenvalue weighted by Gasteiger charge is 2.46. The minimum Gasteiger partial charge on any atom is -0.496 e. The molecule has 1 atom stereocenters. The number of para-hydroxylation sites is 1. The smallest absolute Gasteiger partial charge is 0.255 e. The summed E-state index contributed by atoms with van der Waals surface area (Å²) in [6, 6.07) is 20.9. The molecule has 5 nitrogen and oxygen atoms in total. The van der Waals surface area contributed by atoms with E-state index in [2.05, 4.69) is 5.32 Å². The Morgan fingerprint density at radius 3 is 2.62 bits per heavy atom. The molecular formula is C26H25FN2O3. The fourth-order valence-corrected chi connectivity index (χ4v) is 4.20. The predicted molar refractivity (Wildman–Crippen MR) is 120 cm³/mol. The SMILES string of the molecule is COc1ccccc1CNC(=O)[C@@]1(C)Cc2ccccc2C(=O)N1Cc1cccc(F)c1. The lowest BCUT2D eigenvalue weighted by Crippen LogP contribution is -2.62. The fourth-order valence-electron chi connectivity index (χ4n) is 4.20. The van der Waals surface area contributed by atoms with E-state index in [0.717, 1.165) is 11.1 Å². The maximum absolute atomic E-state index is 13.8. The van der Waals surface area contributed by atoms with Crippen molar-refractivity contribution in [1.82, 2.24) is 10.2 Å². The van der Waals surface area contributed by atoms with Gasteiger partial charge in [-0.15, -0.1) is 0 Å². The molecule has 0 saturated heterocycles. The first-order chi connectivity index (χ1) is 15.4. The molecule has 0 saturated carbocycles. The van der Waals surface area contributed by atoms with E-state index in [1.54, 1.807) is 37.1 Å². The Morgan fingerprint density at radius 1 is 1.09 bits per heavy atom. The van der Waals surface area contributed by atoms with Gasteiger partial charge in [0.2, 0.25) is 5.91 Å². The van der Waals surface area contributed by atoms with Crippen LogP contribution < -0.4 is 10.1 Å². The molecular weight excluding hydrogens is 407 g/mol. The van der Waals surface area contributed by atoms with Gasteiger partial charge < -0.3 is 15.0 Å². The summed E-state index contributed by atoms with van der Waals surface area (Å²) in [5, 5.41) is 2.98. The molecule has 0 spiro atoms. The van der Waals surface area contributed by atoms with E-state index >= 15 is 0 Å². The second-order valence-corrected chi connectivity index (χ2v) is 8.12. The van der Waals surface area contributed by atoms with Crippen LogP contribution in [0, 0.1) is 5.82 Å². The van der Waals surface area contributed by atoms with Gasteiger partial charge in [-0.25, -0.2) is 4.39 Å². The fraction of sp³-hybridized carbons (Fsp3) is 0.231. The highest BCUT2D eigenvalue weighted by atomic mass is 19.1. The zero-order valence-corrected chi connectivity index (χ0v) is 18.1. The summed E-state index contributed by atoms with van der Waals surface area (Å²) >= 11 is 0. The van der Waals surface area contributed by atoms with Crippen molar-refractivity contribution in [3.8, 4) is 5.75 Å². The number of rotatable bonds is 6. The molecule has 0 aliphatic carbocycles. The Morgan fingerprint density at radius 2 is 1.84 bits per heavy atom. The first kappa shape index (κ1) is 21.6. The number of methoxy groups -OCH3 is 1. The zero-order valence-electron chi connectivity index (χ0n) is 18.1. The molecule has 0 radical (unpaired) electrons. The van der Waals surface area contributed by atoms with Crippen molar-refractivity contribution < 1.29 is 18.7 Å². The molecule has 3 aromatic rings. The van der Waals surface area contributed by atoms with Crippen LogP contribution in [0.5, 0.6) is 5.75 Å². The van der Waals surface area contributed by atoms with Gasteiger partial charge in [0.05, 0.1) is 7.11 Å². The van der Waals surface area contributed by atoms with Crippen LogP contribution in [0.2, 0.25) is 0 Å². The molecule has 1 aliphatic heterocycles. The average molecular weight is 432 g/mol. The van der Waals surface area contributed by atoms with Crippen LogP contribution in [-0.4, -0.2) is 29.4 Å². The predicted octanol–water partition coefficient (Wildman–Crippen LogP) is 4.11. The molecule has 0 aromatic heterocycles. The van der Waals surface area contributed by atoms with Gasteiger partial charge in [0, 0.05) is 30.6 Å². The topological polar surface area (TPSA) is 58.6 Å². The molecule has 0 fully saturated rings. The molecule has 1 aliphatic rings. The van der Waals surface area contributed by atoms with Crippen LogP contribution in [0.4, 0.5) is 4.39 Å². The number of hydrogen-bond acceptors (Lipinski definition) is 3. The Balaban J connectivity index is 1.65. The normalized spacial score (nSPS) is 17.6. The Labute approximate surface area is 186 Å². The number of fused-ring (bicyclic) bond motifs is 1. The number of benzene rings is 3. The summed E-state index contributed by atoms with van der Waals surface area (Å²) in [5.74, 6) is -0.219. The number of carbonyl (C=O) groups is 2. The molecule has 3 aromatic carbocycles. The zero-order chi connectivity index (χ0) is 22.7. The third kappa shape index (κ3) is 4.08. The Hall–Kier alpha value is -3.67. The van der Waals surface area contributed by atoms with Gasteiger partial charge in [-0.1, -0.05) is 48.5 Å². The van der Waals surface area contributed by atoms with Crippen LogP contribution in [0.3, 0.4) is 0 Å². The van der Waals surface area contributed by atoms with E-state index in [9.17, 15) is 14.0 Å². The average Bonchev–Trinajstić information content (AvgIpc) is 2.80. The van der Waals surface area contributed by atoms with Crippen molar-refractivity contribution in [2.45, 2.75) is 32.0 Å². The maximum atomic E-state index is 13.8. The standard InChI is InChI=1S/C26H25FN2O3/c1-26(25(31)28-16-20-10-4-6-13-23(20)32-2)15-19-9-3-5-12-22(19)24(30)29(26)17-18-8-7-11-21(27)14-18/h3-14H,15-17H2,1-2H3,(H,28,31)/t26-/m1/s1. The van der Waals surface area contributed by atoms with E-state index < -0.39 is 5.54 Å². The summed E-state index contributed by atoms with van der Waals surface area (Å²) in [4.78, 5) is 28.5. The van der Waals surface area contributed by atoms with Crippen molar-refractivity contribution >= 4 is 11.8 Å². The van der Waals surface area contributed by atoms with Gasteiger partial charge >= 0.3 is 0 Å². The molecule has 164 valence electrons. The van der Waals surface area contributed by atoms with Gasteiger partial charge in [-0.05, 0) is 42.3 Å². The molecule has 1 N–H and O–H groups in total. The summed E-state index contributed by atoms with van der Waals surface area (Å²) in [6.07, 6.45) is 0.363. The number of nitrogens with one attached hydrogen (secondary N) is 1. The minimum absolute atomic E-state index is 0.128. The van der Waals surface area contributed by atoms with Gasteiger partial charge in [0.1, 0.15) is 17.1 Å². The number of ether oxygens (including phenoxy) is 1. The number of amides is 2. The van der Waals surface area contributed by atoms with Gasteiger partial charge in [0.25, 0.3) is 5.91 Å². The van der Waals surface area contributed by atoms with Gasteiger partial charge in [-0.3, -0.25) is 9.59 Å². The quantitative estimate of drug-likeness (QED) is 0.638. The van der Waals surface area contributed by atoms with Crippen LogP contribution in [0.15, 0.2) is 72.8 Å². The van der Waals surface area contributed by atoms with E-state index in [1.807, 2.05) is 42.5 Å². The molecule has 0 unspecified atom stereocenters. The summed E-state index contributed by atoms with van der Waals surface area (Å²) in [5.41, 5.74) is 1.72. The monoisotopic (exact) mass is 432 g/mol. The lowest BCUT2D eigenvalue weighted by molar-refractivity contribution is -0.132. The van der Waals surface area contributed by atoms with Crippen LogP contribution in [0.25, 0.3) is 0 Å². The number of carbonyl (C=O) groups excluding carboxylic acids is 2. The lowest BCUT2D eigenvalue weighted by atomic mass is 9.82. The van der Waals surface area contributed by atoms with Crippen molar-refractivity contribution in [3.63, 3.8) is 0 Å². The second kappa shape index (κ2) is 8.83. The van der Waals surface area contributed by atoms with Crippen LogP contribution >= 0.6 is 0 Å². The summed E-state index contributed by atoms with van der Waals surface area (Å²) in [7, 11) is 1.58. The molecule has 1 heterocycles. The van der Waals surface area contributed by atoms with Gasteiger partial charge in [-0.2, -0.15) is 0 Å². The number of halogens is 1.